The molecule has 0 spiro atoms. The van der Waals surface area contributed by atoms with Crippen molar-refractivity contribution in [1.29, 1.82) is 0 Å². The topological polar surface area (TPSA) is 57.6 Å². The fourth-order valence-electron chi connectivity index (χ4n) is 4.46. The van der Waals surface area contributed by atoms with E-state index >= 15 is 0 Å². The van der Waals surface area contributed by atoms with Gasteiger partial charge in [-0.2, -0.15) is 0 Å². The van der Waals surface area contributed by atoms with Gasteiger partial charge >= 0.3 is 5.97 Å². The highest BCUT2D eigenvalue weighted by atomic mass is 19.1. The van der Waals surface area contributed by atoms with Gasteiger partial charge in [-0.15, -0.1) is 0 Å². The fraction of sp³-hybridized carbons (Fsp3) is 0.600. The van der Waals surface area contributed by atoms with Gasteiger partial charge in [0.15, 0.2) is 0 Å². The zero-order valence-corrected chi connectivity index (χ0v) is 14.5. The lowest BCUT2D eigenvalue weighted by Gasteiger charge is -2.42. The summed E-state index contributed by atoms with van der Waals surface area (Å²) in [6.45, 7) is 1.21. The van der Waals surface area contributed by atoms with Crippen LogP contribution in [0.3, 0.4) is 0 Å². The number of aliphatic carboxylic acids is 1. The number of benzene rings is 1. The van der Waals surface area contributed by atoms with Gasteiger partial charge in [0.1, 0.15) is 5.82 Å². The van der Waals surface area contributed by atoms with Crippen LogP contribution < -0.4 is 0 Å². The lowest BCUT2D eigenvalue weighted by molar-refractivity contribution is -0.141. The van der Waals surface area contributed by atoms with Crippen molar-refractivity contribution in [2.24, 2.45) is 5.92 Å². The maximum Gasteiger partial charge on any atom is 0.303 e. The number of nitrogens with zero attached hydrogens (tertiary/aromatic N) is 1. The minimum atomic E-state index is -0.770. The number of carbonyl (C=O) groups is 2. The van der Waals surface area contributed by atoms with Crippen LogP contribution in [-0.2, 0) is 15.0 Å². The zero-order valence-electron chi connectivity index (χ0n) is 14.5. The number of rotatable bonds is 4. The summed E-state index contributed by atoms with van der Waals surface area (Å²) >= 11 is 0. The lowest BCUT2D eigenvalue weighted by Crippen LogP contribution is -2.50. The molecular formula is C20H26FNO3. The molecule has 4 nitrogen and oxygen atoms in total. The first-order chi connectivity index (χ1) is 12.0. The zero-order chi connectivity index (χ0) is 17.9. The smallest absolute Gasteiger partial charge is 0.303 e. The number of likely N-dealkylation sites (tertiary alicyclic amines) is 1. The van der Waals surface area contributed by atoms with Crippen LogP contribution in [0, 0.1) is 11.7 Å². The minimum absolute atomic E-state index is 0.103. The minimum Gasteiger partial charge on any atom is -0.481 e. The normalized spacial score (nSPS) is 21.1. The monoisotopic (exact) mass is 347 g/mol. The summed E-state index contributed by atoms with van der Waals surface area (Å²) in [6, 6.07) is 6.50. The van der Waals surface area contributed by atoms with Crippen molar-refractivity contribution >= 4 is 11.9 Å². The SMILES string of the molecule is O=C(O)CC1CCN(C(=O)C2(c3cccc(F)c3)CCCCC2)CC1. The largest absolute Gasteiger partial charge is 0.481 e. The third kappa shape index (κ3) is 3.86. The van der Waals surface area contributed by atoms with Gasteiger partial charge in [0.05, 0.1) is 5.41 Å². The van der Waals surface area contributed by atoms with Crippen LogP contribution in [0.25, 0.3) is 0 Å². The molecule has 1 saturated carbocycles. The van der Waals surface area contributed by atoms with Gasteiger partial charge in [-0.3, -0.25) is 9.59 Å². The van der Waals surface area contributed by atoms with Crippen LogP contribution in [-0.4, -0.2) is 35.0 Å². The Kier molecular flexibility index (Phi) is 5.40. The van der Waals surface area contributed by atoms with E-state index in [1.807, 2.05) is 11.0 Å². The molecule has 1 saturated heterocycles. The first-order valence-corrected chi connectivity index (χ1v) is 9.28. The van der Waals surface area contributed by atoms with E-state index in [1.54, 1.807) is 6.07 Å². The van der Waals surface area contributed by atoms with Crippen LogP contribution in [0.4, 0.5) is 4.39 Å². The summed E-state index contributed by atoms with van der Waals surface area (Å²) in [5.41, 5.74) is 0.185. The number of piperidine rings is 1. The predicted molar refractivity (Wildman–Crippen MR) is 92.7 cm³/mol. The highest BCUT2D eigenvalue weighted by molar-refractivity contribution is 5.88. The molecule has 1 aromatic carbocycles. The van der Waals surface area contributed by atoms with E-state index < -0.39 is 11.4 Å². The number of halogens is 1. The van der Waals surface area contributed by atoms with Crippen molar-refractivity contribution in [2.75, 3.05) is 13.1 Å². The summed E-state index contributed by atoms with van der Waals surface area (Å²) in [4.78, 5) is 26.2. The molecule has 0 bridgehead atoms. The molecule has 2 fully saturated rings. The Bertz CT molecular complexity index is 632. The standard InChI is InChI=1S/C20H26FNO3/c21-17-6-4-5-16(14-17)20(9-2-1-3-10-20)19(25)22-11-7-15(8-12-22)13-18(23)24/h4-6,14-15H,1-3,7-13H2,(H,23,24). The summed E-state index contributed by atoms with van der Waals surface area (Å²) in [7, 11) is 0. The molecule has 0 unspecified atom stereocenters. The van der Waals surface area contributed by atoms with E-state index in [9.17, 15) is 14.0 Å². The average Bonchev–Trinajstić information content (AvgIpc) is 2.62. The average molecular weight is 347 g/mol. The van der Waals surface area contributed by atoms with Crippen LogP contribution >= 0.6 is 0 Å². The molecule has 1 aromatic rings. The van der Waals surface area contributed by atoms with E-state index in [4.69, 9.17) is 5.11 Å². The molecule has 1 N–H and O–H groups in total. The van der Waals surface area contributed by atoms with Crippen molar-refractivity contribution in [1.82, 2.24) is 4.90 Å². The van der Waals surface area contributed by atoms with Gasteiger partial charge in [0.2, 0.25) is 5.91 Å². The summed E-state index contributed by atoms with van der Waals surface area (Å²) in [5.74, 6) is -0.812. The Labute approximate surface area is 148 Å². The molecule has 1 amide bonds. The molecule has 0 radical (unpaired) electrons. The third-order valence-corrected chi connectivity index (χ3v) is 5.86. The van der Waals surface area contributed by atoms with Gasteiger partial charge in [0, 0.05) is 19.5 Å². The highest BCUT2D eigenvalue weighted by Gasteiger charge is 2.44. The highest BCUT2D eigenvalue weighted by Crippen LogP contribution is 2.42. The Morgan fingerprint density at radius 2 is 1.84 bits per heavy atom. The van der Waals surface area contributed by atoms with Gasteiger partial charge in [-0.25, -0.2) is 4.39 Å². The summed E-state index contributed by atoms with van der Waals surface area (Å²) < 4.78 is 13.8. The molecule has 1 aliphatic heterocycles. The number of carbonyl (C=O) groups excluding carboxylic acids is 1. The number of carboxylic acids is 1. The van der Waals surface area contributed by atoms with Crippen LogP contribution in [0.2, 0.25) is 0 Å². The van der Waals surface area contributed by atoms with E-state index in [-0.39, 0.29) is 24.1 Å². The molecule has 3 rings (SSSR count). The molecule has 2 aliphatic rings. The Balaban J connectivity index is 1.78. The first kappa shape index (κ1) is 17.9. The molecule has 0 aromatic heterocycles. The van der Waals surface area contributed by atoms with Gasteiger partial charge in [0.25, 0.3) is 0 Å². The molecule has 5 heteroatoms. The maximum atomic E-state index is 13.8. The van der Waals surface area contributed by atoms with Crippen molar-refractivity contribution in [3.8, 4) is 0 Å². The van der Waals surface area contributed by atoms with Crippen molar-refractivity contribution in [3.05, 3.63) is 35.6 Å². The van der Waals surface area contributed by atoms with E-state index in [1.165, 1.54) is 12.1 Å². The fourth-order valence-corrected chi connectivity index (χ4v) is 4.46. The van der Waals surface area contributed by atoms with Gasteiger partial charge in [-0.1, -0.05) is 31.4 Å². The molecule has 0 atom stereocenters. The number of carboxylic acid groups (broad SMARTS) is 1. The maximum absolute atomic E-state index is 13.8. The quantitative estimate of drug-likeness (QED) is 0.903. The van der Waals surface area contributed by atoms with Crippen LogP contribution in [0.15, 0.2) is 24.3 Å². The number of hydrogen-bond acceptors (Lipinski definition) is 2. The molecule has 1 aliphatic carbocycles. The van der Waals surface area contributed by atoms with Crippen molar-refractivity contribution < 1.29 is 19.1 Å². The summed E-state index contributed by atoms with van der Waals surface area (Å²) in [5, 5.41) is 8.94. The van der Waals surface area contributed by atoms with Gasteiger partial charge in [-0.05, 0) is 49.3 Å². The molecule has 25 heavy (non-hydrogen) atoms. The van der Waals surface area contributed by atoms with Gasteiger partial charge < -0.3 is 10.0 Å². The van der Waals surface area contributed by atoms with Crippen LogP contribution in [0.1, 0.15) is 56.9 Å². The van der Waals surface area contributed by atoms with Crippen molar-refractivity contribution in [2.45, 2.75) is 56.8 Å². The van der Waals surface area contributed by atoms with E-state index in [0.717, 1.165) is 50.5 Å². The molecule has 1 heterocycles. The second kappa shape index (κ2) is 7.54. The summed E-state index contributed by atoms with van der Waals surface area (Å²) in [6.07, 6.45) is 6.26. The Morgan fingerprint density at radius 1 is 1.16 bits per heavy atom. The number of hydrogen-bond donors (Lipinski definition) is 1. The number of amides is 1. The second-order valence-electron chi connectivity index (χ2n) is 7.49. The lowest BCUT2D eigenvalue weighted by atomic mass is 9.68. The molecular weight excluding hydrogens is 321 g/mol. The first-order valence-electron chi connectivity index (χ1n) is 9.28. The van der Waals surface area contributed by atoms with E-state index in [2.05, 4.69) is 0 Å². The second-order valence-corrected chi connectivity index (χ2v) is 7.49. The Hall–Kier alpha value is -1.91. The molecule has 136 valence electrons. The van der Waals surface area contributed by atoms with Crippen LogP contribution in [0.5, 0.6) is 0 Å². The Morgan fingerprint density at radius 3 is 2.44 bits per heavy atom. The third-order valence-electron chi connectivity index (χ3n) is 5.86. The van der Waals surface area contributed by atoms with Crippen molar-refractivity contribution in [3.63, 3.8) is 0 Å². The predicted octanol–water partition coefficient (Wildman–Crippen LogP) is 3.74. The van der Waals surface area contributed by atoms with E-state index in [0.29, 0.717) is 13.1 Å².